The Hall–Kier alpha value is -1.30. The summed E-state index contributed by atoms with van der Waals surface area (Å²) in [5.41, 5.74) is 5.22. The molecule has 2 amide bonds. The minimum absolute atomic E-state index is 0.220. The van der Waals surface area contributed by atoms with Crippen LogP contribution in [0.3, 0.4) is 0 Å². The number of ether oxygens (including phenoxy) is 1. The van der Waals surface area contributed by atoms with E-state index in [9.17, 15) is 14.7 Å². The molecule has 0 spiro atoms. The Bertz CT molecular complexity index is 346. The third-order valence-electron chi connectivity index (χ3n) is 3.49. The van der Waals surface area contributed by atoms with Crippen molar-refractivity contribution < 1.29 is 19.4 Å². The van der Waals surface area contributed by atoms with E-state index in [1.165, 1.54) is 4.90 Å². The van der Waals surface area contributed by atoms with Crippen LogP contribution in [0.5, 0.6) is 0 Å². The topological polar surface area (TPSA) is 92.9 Å². The van der Waals surface area contributed by atoms with Crippen LogP contribution < -0.4 is 5.73 Å². The molecule has 0 aromatic heterocycles. The van der Waals surface area contributed by atoms with Gasteiger partial charge in [-0.05, 0) is 30.6 Å². The SMILES string of the molecule is CC(C)(C)CN(C(=O)O)C(CC1CCOCC1)C(N)=O. The number of rotatable bonds is 5. The molecular formula is C14H26N2O4. The molecule has 6 nitrogen and oxygen atoms in total. The lowest BCUT2D eigenvalue weighted by atomic mass is 9.90. The van der Waals surface area contributed by atoms with Crippen LogP contribution in [0.2, 0.25) is 0 Å². The molecule has 1 saturated heterocycles. The van der Waals surface area contributed by atoms with Crippen molar-refractivity contribution in [2.75, 3.05) is 19.8 Å². The molecule has 0 radical (unpaired) electrons. The monoisotopic (exact) mass is 286 g/mol. The highest BCUT2D eigenvalue weighted by molar-refractivity contribution is 5.83. The van der Waals surface area contributed by atoms with Crippen molar-refractivity contribution in [3.8, 4) is 0 Å². The first-order valence-electron chi connectivity index (χ1n) is 7.07. The van der Waals surface area contributed by atoms with Crippen molar-refractivity contribution in [3.63, 3.8) is 0 Å². The maximum Gasteiger partial charge on any atom is 0.407 e. The van der Waals surface area contributed by atoms with Crippen LogP contribution in [0.1, 0.15) is 40.0 Å². The number of carbonyl (C=O) groups is 2. The van der Waals surface area contributed by atoms with Gasteiger partial charge in [-0.15, -0.1) is 0 Å². The van der Waals surface area contributed by atoms with Gasteiger partial charge in [0.05, 0.1) is 0 Å². The average molecular weight is 286 g/mol. The van der Waals surface area contributed by atoms with Crippen molar-refractivity contribution in [3.05, 3.63) is 0 Å². The largest absolute Gasteiger partial charge is 0.465 e. The first-order chi connectivity index (χ1) is 9.20. The van der Waals surface area contributed by atoms with Gasteiger partial charge in [-0.25, -0.2) is 4.79 Å². The number of amides is 2. The number of hydrogen-bond acceptors (Lipinski definition) is 3. The van der Waals surface area contributed by atoms with E-state index < -0.39 is 18.0 Å². The summed E-state index contributed by atoms with van der Waals surface area (Å²) in [6, 6.07) is -0.755. The van der Waals surface area contributed by atoms with Crippen LogP contribution in [0, 0.1) is 11.3 Å². The Morgan fingerprint density at radius 1 is 1.35 bits per heavy atom. The van der Waals surface area contributed by atoms with Gasteiger partial charge in [-0.3, -0.25) is 9.69 Å². The van der Waals surface area contributed by atoms with Gasteiger partial charge in [0.15, 0.2) is 0 Å². The van der Waals surface area contributed by atoms with Crippen molar-refractivity contribution >= 4 is 12.0 Å². The molecule has 3 N–H and O–H groups in total. The zero-order valence-corrected chi connectivity index (χ0v) is 12.6. The van der Waals surface area contributed by atoms with Crippen LogP contribution in [0.15, 0.2) is 0 Å². The molecule has 1 unspecified atom stereocenters. The summed E-state index contributed by atoms with van der Waals surface area (Å²) in [7, 11) is 0. The highest BCUT2D eigenvalue weighted by atomic mass is 16.5. The summed E-state index contributed by atoms with van der Waals surface area (Å²) in [6.45, 7) is 7.45. The highest BCUT2D eigenvalue weighted by Gasteiger charge is 2.33. The Balaban J connectivity index is 2.79. The maximum atomic E-state index is 11.7. The van der Waals surface area contributed by atoms with E-state index in [2.05, 4.69) is 0 Å². The van der Waals surface area contributed by atoms with E-state index in [0.29, 0.717) is 32.1 Å². The fourth-order valence-electron chi connectivity index (χ4n) is 2.52. The summed E-state index contributed by atoms with van der Waals surface area (Å²) >= 11 is 0. The van der Waals surface area contributed by atoms with E-state index in [1.54, 1.807) is 0 Å². The van der Waals surface area contributed by atoms with Crippen LogP contribution >= 0.6 is 0 Å². The molecule has 20 heavy (non-hydrogen) atoms. The Morgan fingerprint density at radius 2 is 1.90 bits per heavy atom. The van der Waals surface area contributed by atoms with E-state index >= 15 is 0 Å². The van der Waals surface area contributed by atoms with Crippen LogP contribution in [0.25, 0.3) is 0 Å². The fraction of sp³-hybridized carbons (Fsp3) is 0.857. The Kier molecular flexibility index (Phi) is 5.80. The third kappa shape index (κ3) is 5.36. The van der Waals surface area contributed by atoms with Gasteiger partial charge in [0, 0.05) is 19.8 Å². The third-order valence-corrected chi connectivity index (χ3v) is 3.49. The zero-order valence-electron chi connectivity index (χ0n) is 12.6. The molecule has 0 saturated carbocycles. The predicted molar refractivity (Wildman–Crippen MR) is 75.3 cm³/mol. The first-order valence-corrected chi connectivity index (χ1v) is 7.07. The molecule has 6 heteroatoms. The summed E-state index contributed by atoms with van der Waals surface area (Å²) in [4.78, 5) is 24.3. The summed E-state index contributed by atoms with van der Waals surface area (Å²) < 4.78 is 5.28. The number of nitrogens with zero attached hydrogens (tertiary/aromatic N) is 1. The summed E-state index contributed by atoms with van der Waals surface area (Å²) in [6.07, 6.45) is 1.11. The molecule has 1 rings (SSSR count). The summed E-state index contributed by atoms with van der Waals surface area (Å²) in [5.74, 6) is -0.272. The van der Waals surface area contributed by atoms with E-state index in [1.807, 2.05) is 20.8 Å². The maximum absolute atomic E-state index is 11.7. The molecule has 116 valence electrons. The lowest BCUT2D eigenvalue weighted by Crippen LogP contribution is -2.51. The quantitative estimate of drug-likeness (QED) is 0.804. The molecule has 0 aromatic rings. The van der Waals surface area contributed by atoms with Gasteiger partial charge < -0.3 is 15.6 Å². The molecule has 1 heterocycles. The number of carboxylic acid groups (broad SMARTS) is 1. The van der Waals surface area contributed by atoms with Gasteiger partial charge in [-0.2, -0.15) is 0 Å². The molecule has 0 aliphatic carbocycles. The van der Waals surface area contributed by atoms with Gasteiger partial charge in [-0.1, -0.05) is 20.8 Å². The van der Waals surface area contributed by atoms with Crippen LogP contribution in [0.4, 0.5) is 4.79 Å². The minimum atomic E-state index is -1.09. The molecule has 1 aliphatic rings. The number of primary amides is 1. The molecule has 1 fully saturated rings. The minimum Gasteiger partial charge on any atom is -0.465 e. The Labute approximate surface area is 120 Å². The highest BCUT2D eigenvalue weighted by Crippen LogP contribution is 2.25. The normalized spacial score (nSPS) is 18.6. The van der Waals surface area contributed by atoms with E-state index in [4.69, 9.17) is 10.5 Å². The Morgan fingerprint density at radius 3 is 2.30 bits per heavy atom. The summed E-state index contributed by atoms with van der Waals surface area (Å²) in [5, 5.41) is 9.38. The second-order valence-corrected chi connectivity index (χ2v) is 6.68. The first kappa shape index (κ1) is 16.8. The van der Waals surface area contributed by atoms with Gasteiger partial charge >= 0.3 is 6.09 Å². The number of hydrogen-bond donors (Lipinski definition) is 2. The molecule has 0 aromatic carbocycles. The fourth-order valence-corrected chi connectivity index (χ4v) is 2.52. The lowest BCUT2D eigenvalue weighted by Gasteiger charge is -2.35. The standard InChI is InChI=1S/C14H26N2O4/c1-14(2,3)9-16(13(18)19)11(12(15)17)8-10-4-6-20-7-5-10/h10-11H,4-9H2,1-3H3,(H2,15,17)(H,18,19). The lowest BCUT2D eigenvalue weighted by molar-refractivity contribution is -0.124. The van der Waals surface area contributed by atoms with Crippen molar-refractivity contribution in [2.24, 2.45) is 17.1 Å². The predicted octanol–water partition coefficient (Wildman–Crippen LogP) is 1.68. The smallest absolute Gasteiger partial charge is 0.407 e. The van der Waals surface area contributed by atoms with Gasteiger partial charge in [0.2, 0.25) is 5.91 Å². The van der Waals surface area contributed by atoms with Gasteiger partial charge in [0.25, 0.3) is 0 Å². The van der Waals surface area contributed by atoms with Crippen molar-refractivity contribution in [1.82, 2.24) is 4.90 Å². The van der Waals surface area contributed by atoms with E-state index in [-0.39, 0.29) is 5.41 Å². The molecule has 0 bridgehead atoms. The van der Waals surface area contributed by atoms with Crippen molar-refractivity contribution in [2.45, 2.75) is 46.1 Å². The van der Waals surface area contributed by atoms with E-state index in [0.717, 1.165) is 12.8 Å². The average Bonchev–Trinajstić information content (AvgIpc) is 2.33. The van der Waals surface area contributed by atoms with Gasteiger partial charge in [0.1, 0.15) is 6.04 Å². The van der Waals surface area contributed by atoms with Crippen LogP contribution in [-0.4, -0.2) is 47.8 Å². The second-order valence-electron chi connectivity index (χ2n) is 6.68. The molecule has 1 atom stereocenters. The number of carbonyl (C=O) groups excluding carboxylic acids is 1. The van der Waals surface area contributed by atoms with Crippen LogP contribution in [-0.2, 0) is 9.53 Å². The molecular weight excluding hydrogens is 260 g/mol. The number of nitrogens with two attached hydrogens (primary N) is 1. The van der Waals surface area contributed by atoms with Crippen molar-refractivity contribution in [1.29, 1.82) is 0 Å². The molecule has 1 aliphatic heterocycles. The zero-order chi connectivity index (χ0) is 15.3. The second kappa shape index (κ2) is 6.92.